The molecule has 0 amide bonds. The van der Waals surface area contributed by atoms with Gasteiger partial charge in [-0.15, -0.1) is 0 Å². The fourth-order valence-corrected chi connectivity index (χ4v) is 3.21. The van der Waals surface area contributed by atoms with E-state index in [-0.39, 0.29) is 11.5 Å². The largest absolute Gasteiger partial charge is 0.370 e. The monoisotopic (exact) mass is 281 g/mol. The van der Waals surface area contributed by atoms with E-state index in [9.17, 15) is 0 Å². The molecule has 0 aliphatic heterocycles. The minimum Gasteiger partial charge on any atom is -0.370 e. The SMILES string of the molecule is CCC(CC)(OC)c1noc(C2(C)CCCCC2N)n1. The molecule has 1 fully saturated rings. The fourth-order valence-electron chi connectivity index (χ4n) is 3.21. The summed E-state index contributed by atoms with van der Waals surface area (Å²) in [4.78, 5) is 4.66. The highest BCUT2D eigenvalue weighted by molar-refractivity contribution is 5.12. The number of nitrogens with zero attached hydrogens (tertiary/aromatic N) is 2. The second kappa shape index (κ2) is 5.82. The van der Waals surface area contributed by atoms with Gasteiger partial charge in [-0.05, 0) is 32.6 Å². The van der Waals surface area contributed by atoms with Crippen LogP contribution in [0.2, 0.25) is 0 Å². The van der Waals surface area contributed by atoms with Crippen molar-refractivity contribution >= 4 is 0 Å². The summed E-state index contributed by atoms with van der Waals surface area (Å²) in [5, 5.41) is 4.19. The Morgan fingerprint density at radius 2 is 2.10 bits per heavy atom. The smallest absolute Gasteiger partial charge is 0.234 e. The molecule has 1 aliphatic carbocycles. The third-order valence-corrected chi connectivity index (χ3v) is 5.13. The van der Waals surface area contributed by atoms with Crippen molar-refractivity contribution in [2.75, 3.05) is 7.11 Å². The van der Waals surface area contributed by atoms with Crippen LogP contribution in [0.4, 0.5) is 0 Å². The third kappa shape index (κ3) is 2.37. The molecule has 5 nitrogen and oxygen atoms in total. The summed E-state index contributed by atoms with van der Waals surface area (Å²) in [5.41, 5.74) is 5.65. The number of hydrogen-bond acceptors (Lipinski definition) is 5. The first-order valence-corrected chi connectivity index (χ1v) is 7.68. The van der Waals surface area contributed by atoms with Crippen LogP contribution in [0.1, 0.15) is 71.0 Å². The zero-order valence-corrected chi connectivity index (χ0v) is 13.1. The molecule has 0 aromatic carbocycles. The van der Waals surface area contributed by atoms with E-state index in [1.807, 2.05) is 0 Å². The predicted molar refractivity (Wildman–Crippen MR) is 77.4 cm³/mol. The number of rotatable bonds is 5. The molecule has 2 N–H and O–H groups in total. The molecule has 1 aromatic rings. The van der Waals surface area contributed by atoms with Gasteiger partial charge in [-0.2, -0.15) is 4.98 Å². The van der Waals surface area contributed by atoms with Crippen LogP contribution >= 0.6 is 0 Å². The lowest BCUT2D eigenvalue weighted by Crippen LogP contribution is -2.45. The zero-order valence-electron chi connectivity index (χ0n) is 13.1. The Morgan fingerprint density at radius 1 is 1.40 bits per heavy atom. The van der Waals surface area contributed by atoms with E-state index in [0.717, 1.165) is 25.7 Å². The van der Waals surface area contributed by atoms with Gasteiger partial charge in [0.25, 0.3) is 0 Å². The topological polar surface area (TPSA) is 74.2 Å². The second-order valence-electron chi connectivity index (χ2n) is 6.10. The Hall–Kier alpha value is -0.940. The lowest BCUT2D eigenvalue weighted by atomic mass is 9.72. The van der Waals surface area contributed by atoms with Gasteiger partial charge in [-0.25, -0.2) is 0 Å². The lowest BCUT2D eigenvalue weighted by Gasteiger charge is -2.36. The molecule has 0 radical (unpaired) electrons. The fraction of sp³-hybridized carbons (Fsp3) is 0.867. The number of ether oxygens (including phenoxy) is 1. The van der Waals surface area contributed by atoms with Crippen LogP contribution < -0.4 is 5.73 Å². The highest BCUT2D eigenvalue weighted by Gasteiger charge is 2.43. The van der Waals surface area contributed by atoms with E-state index in [0.29, 0.717) is 11.7 Å². The van der Waals surface area contributed by atoms with Crippen molar-refractivity contribution in [1.29, 1.82) is 0 Å². The second-order valence-corrected chi connectivity index (χ2v) is 6.10. The standard InChI is InChI=1S/C15H27N3O2/c1-5-15(6-2,19-4)12-17-13(20-18-12)14(3)10-8-7-9-11(14)16/h11H,5-10,16H2,1-4H3. The molecular formula is C15H27N3O2. The van der Waals surface area contributed by atoms with Gasteiger partial charge in [0, 0.05) is 13.2 Å². The number of hydrogen-bond donors (Lipinski definition) is 1. The maximum Gasteiger partial charge on any atom is 0.234 e. The van der Waals surface area contributed by atoms with Crippen LogP contribution in [0.5, 0.6) is 0 Å². The average molecular weight is 281 g/mol. The molecule has 1 heterocycles. The quantitative estimate of drug-likeness (QED) is 0.898. The molecule has 1 aromatic heterocycles. The molecule has 2 unspecified atom stereocenters. The highest BCUT2D eigenvalue weighted by Crippen LogP contribution is 2.39. The van der Waals surface area contributed by atoms with Crippen LogP contribution in [0, 0.1) is 0 Å². The van der Waals surface area contributed by atoms with Crippen molar-refractivity contribution in [1.82, 2.24) is 10.1 Å². The van der Waals surface area contributed by atoms with Crippen LogP contribution in [0.15, 0.2) is 4.52 Å². The van der Waals surface area contributed by atoms with Crippen LogP contribution in [0.3, 0.4) is 0 Å². The minimum atomic E-state index is -0.448. The van der Waals surface area contributed by atoms with Crippen molar-refractivity contribution in [3.8, 4) is 0 Å². The van der Waals surface area contributed by atoms with Gasteiger partial charge in [-0.1, -0.05) is 31.8 Å². The Kier molecular flexibility index (Phi) is 4.49. The van der Waals surface area contributed by atoms with E-state index in [4.69, 9.17) is 15.0 Å². The molecule has 0 saturated heterocycles. The summed E-state index contributed by atoms with van der Waals surface area (Å²) in [6.45, 7) is 6.30. The van der Waals surface area contributed by atoms with Gasteiger partial charge in [-0.3, -0.25) is 0 Å². The van der Waals surface area contributed by atoms with Gasteiger partial charge < -0.3 is 15.0 Å². The Balaban J connectivity index is 2.32. The van der Waals surface area contributed by atoms with E-state index in [2.05, 4.69) is 30.9 Å². The van der Waals surface area contributed by atoms with Gasteiger partial charge in [0.15, 0.2) is 0 Å². The molecule has 1 saturated carbocycles. The first-order chi connectivity index (χ1) is 9.52. The molecule has 0 bridgehead atoms. The molecule has 2 rings (SSSR count). The van der Waals surface area contributed by atoms with E-state index < -0.39 is 5.60 Å². The van der Waals surface area contributed by atoms with Crippen LogP contribution in [0.25, 0.3) is 0 Å². The summed E-state index contributed by atoms with van der Waals surface area (Å²) in [6.07, 6.45) is 6.02. The molecule has 5 heteroatoms. The third-order valence-electron chi connectivity index (χ3n) is 5.13. The molecule has 114 valence electrons. The van der Waals surface area contributed by atoms with E-state index >= 15 is 0 Å². The first kappa shape index (κ1) is 15.4. The number of methoxy groups -OCH3 is 1. The average Bonchev–Trinajstić information content (AvgIpc) is 2.96. The van der Waals surface area contributed by atoms with Gasteiger partial charge in [0.05, 0.1) is 5.41 Å². The normalized spacial score (nSPS) is 27.8. The molecular weight excluding hydrogens is 254 g/mol. The van der Waals surface area contributed by atoms with Crippen LogP contribution in [-0.4, -0.2) is 23.3 Å². The van der Waals surface area contributed by atoms with Gasteiger partial charge in [0.2, 0.25) is 11.7 Å². The lowest BCUT2D eigenvalue weighted by molar-refractivity contribution is -0.0306. The Morgan fingerprint density at radius 3 is 2.65 bits per heavy atom. The zero-order chi connectivity index (χ0) is 14.8. The molecule has 20 heavy (non-hydrogen) atoms. The molecule has 1 aliphatic rings. The Labute approximate surface area is 121 Å². The summed E-state index contributed by atoms with van der Waals surface area (Å²) in [6, 6.07) is 0.0877. The van der Waals surface area contributed by atoms with E-state index in [1.54, 1.807) is 7.11 Å². The van der Waals surface area contributed by atoms with Crippen molar-refractivity contribution in [2.45, 2.75) is 76.4 Å². The predicted octanol–water partition coefficient (Wildman–Crippen LogP) is 2.89. The maximum atomic E-state index is 6.30. The van der Waals surface area contributed by atoms with Crippen molar-refractivity contribution in [2.24, 2.45) is 5.73 Å². The van der Waals surface area contributed by atoms with Crippen molar-refractivity contribution in [3.63, 3.8) is 0 Å². The summed E-state index contributed by atoms with van der Waals surface area (Å²) < 4.78 is 11.2. The Bertz CT molecular complexity index is 434. The number of aromatic nitrogens is 2. The van der Waals surface area contributed by atoms with E-state index in [1.165, 1.54) is 12.8 Å². The van der Waals surface area contributed by atoms with Crippen LogP contribution in [-0.2, 0) is 15.8 Å². The van der Waals surface area contributed by atoms with Gasteiger partial charge >= 0.3 is 0 Å². The van der Waals surface area contributed by atoms with Crippen molar-refractivity contribution < 1.29 is 9.26 Å². The first-order valence-electron chi connectivity index (χ1n) is 7.68. The maximum absolute atomic E-state index is 6.30. The number of nitrogens with two attached hydrogens (primary N) is 1. The highest BCUT2D eigenvalue weighted by atomic mass is 16.5. The summed E-state index contributed by atoms with van der Waals surface area (Å²) in [5.74, 6) is 1.32. The van der Waals surface area contributed by atoms with Crippen molar-refractivity contribution in [3.05, 3.63) is 11.7 Å². The minimum absolute atomic E-state index is 0.0877. The summed E-state index contributed by atoms with van der Waals surface area (Å²) >= 11 is 0. The molecule has 0 spiro atoms. The summed E-state index contributed by atoms with van der Waals surface area (Å²) in [7, 11) is 1.71. The van der Waals surface area contributed by atoms with Gasteiger partial charge in [0.1, 0.15) is 5.60 Å². The molecule has 2 atom stereocenters.